The number of carbonyl (C=O) groups excluding carboxylic acids is 4. The van der Waals surface area contributed by atoms with Gasteiger partial charge in [0.2, 0.25) is 11.8 Å². The van der Waals surface area contributed by atoms with Gasteiger partial charge in [-0.3, -0.25) is 19.4 Å². The van der Waals surface area contributed by atoms with Gasteiger partial charge in [-0.2, -0.15) is 5.10 Å². The number of carbonyl (C=O) groups is 4. The van der Waals surface area contributed by atoms with E-state index < -0.39 is 40.5 Å². The molecule has 0 radical (unpaired) electrons. The molecule has 2 aliphatic rings. The largest absolute Gasteiger partial charge is 0.444 e. The van der Waals surface area contributed by atoms with E-state index in [1.54, 1.807) is 45.0 Å². The molecule has 12 heteroatoms. The van der Waals surface area contributed by atoms with Crippen LogP contribution in [0.5, 0.6) is 0 Å². The standard InChI is InChI=1S/C32H42N6O6/c1-30(2,3)44-29(42)35-31(4,5)27(40)34-24(20-43-19-22-12-8-7-9-13-22)26(39)38-17-15-25-32(21-38,28(41)37(6)36-25)18-23-14-10-11-16-33-23/h7-14,16,24H,15,17-21H2,1-6H3,(H,34,40)(H,35,42). The van der Waals surface area contributed by atoms with Crippen molar-refractivity contribution < 1.29 is 28.7 Å². The van der Waals surface area contributed by atoms with E-state index in [0.29, 0.717) is 24.4 Å². The smallest absolute Gasteiger partial charge is 0.408 e. The van der Waals surface area contributed by atoms with Gasteiger partial charge < -0.3 is 25.0 Å². The molecule has 1 fully saturated rings. The molecular formula is C32H42N6O6. The zero-order valence-electron chi connectivity index (χ0n) is 26.3. The molecule has 236 valence electrons. The fourth-order valence-electron chi connectivity index (χ4n) is 5.30. The molecule has 1 aromatic heterocycles. The molecule has 1 aromatic carbocycles. The lowest BCUT2D eigenvalue weighted by Crippen LogP contribution is -2.63. The molecule has 4 amide bonds. The number of likely N-dealkylation sites (tertiary alicyclic amines) is 1. The Labute approximate surface area is 258 Å². The number of rotatable bonds is 10. The second-order valence-electron chi connectivity index (χ2n) is 12.7. The molecule has 3 heterocycles. The zero-order valence-corrected chi connectivity index (χ0v) is 26.3. The number of nitrogens with one attached hydrogen (secondary N) is 2. The average molecular weight is 607 g/mol. The Hall–Kier alpha value is -4.32. The van der Waals surface area contributed by atoms with E-state index >= 15 is 0 Å². The zero-order chi connectivity index (χ0) is 32.1. The molecule has 1 saturated heterocycles. The van der Waals surface area contributed by atoms with Crippen LogP contribution in [-0.4, -0.2) is 88.3 Å². The third kappa shape index (κ3) is 7.79. The highest BCUT2D eigenvalue weighted by Crippen LogP contribution is 2.38. The molecule has 2 N–H and O–H groups in total. The number of pyridine rings is 1. The number of ether oxygens (including phenoxy) is 2. The third-order valence-corrected chi connectivity index (χ3v) is 7.51. The minimum absolute atomic E-state index is 0.0784. The van der Waals surface area contributed by atoms with Crippen LogP contribution < -0.4 is 10.6 Å². The van der Waals surface area contributed by atoms with Gasteiger partial charge in [0, 0.05) is 44.9 Å². The highest BCUT2D eigenvalue weighted by Gasteiger charge is 2.54. The number of aromatic nitrogens is 1. The molecule has 4 rings (SSSR count). The first-order valence-corrected chi connectivity index (χ1v) is 14.7. The summed E-state index contributed by atoms with van der Waals surface area (Å²) < 4.78 is 11.2. The van der Waals surface area contributed by atoms with Gasteiger partial charge in [-0.25, -0.2) is 9.80 Å². The van der Waals surface area contributed by atoms with Gasteiger partial charge in [0.05, 0.1) is 18.9 Å². The molecule has 0 spiro atoms. The number of piperidine rings is 1. The fraction of sp³-hybridized carbons (Fsp3) is 0.500. The predicted molar refractivity (Wildman–Crippen MR) is 163 cm³/mol. The van der Waals surface area contributed by atoms with Crippen molar-refractivity contribution in [2.45, 2.75) is 71.2 Å². The molecule has 2 aliphatic heterocycles. The van der Waals surface area contributed by atoms with Gasteiger partial charge in [-0.05, 0) is 52.3 Å². The highest BCUT2D eigenvalue weighted by atomic mass is 16.6. The number of nitrogens with zero attached hydrogens (tertiary/aromatic N) is 4. The van der Waals surface area contributed by atoms with E-state index in [-0.39, 0.29) is 32.1 Å². The van der Waals surface area contributed by atoms with Gasteiger partial charge in [-0.15, -0.1) is 0 Å². The number of alkyl carbamates (subject to hydrolysis) is 1. The van der Waals surface area contributed by atoms with Crippen molar-refractivity contribution >= 4 is 29.5 Å². The van der Waals surface area contributed by atoms with Crippen LogP contribution in [0, 0.1) is 5.41 Å². The summed E-state index contributed by atoms with van der Waals surface area (Å²) >= 11 is 0. The van der Waals surface area contributed by atoms with Crippen molar-refractivity contribution in [2.24, 2.45) is 10.5 Å². The fourth-order valence-corrected chi connectivity index (χ4v) is 5.30. The Morgan fingerprint density at radius 3 is 2.41 bits per heavy atom. The molecule has 0 bridgehead atoms. The SMILES string of the molecule is CN1N=C2CCN(C(=O)C(COCc3ccccc3)NC(=O)C(C)(C)NC(=O)OC(C)(C)C)CC2(Cc2ccccn2)C1=O. The van der Waals surface area contributed by atoms with Crippen molar-refractivity contribution in [3.63, 3.8) is 0 Å². The van der Waals surface area contributed by atoms with Crippen molar-refractivity contribution in [1.29, 1.82) is 0 Å². The Bertz CT molecular complexity index is 1390. The number of hydrazone groups is 1. The molecule has 12 nitrogen and oxygen atoms in total. The third-order valence-electron chi connectivity index (χ3n) is 7.51. The Morgan fingerprint density at radius 1 is 1.05 bits per heavy atom. The second kappa shape index (κ2) is 13.1. The number of hydrogen-bond acceptors (Lipinski definition) is 8. The topological polar surface area (TPSA) is 143 Å². The Morgan fingerprint density at radius 2 is 1.75 bits per heavy atom. The summed E-state index contributed by atoms with van der Waals surface area (Å²) in [6.07, 6.45) is 1.59. The van der Waals surface area contributed by atoms with Crippen LogP contribution in [0.2, 0.25) is 0 Å². The molecule has 2 aromatic rings. The monoisotopic (exact) mass is 606 g/mol. The summed E-state index contributed by atoms with van der Waals surface area (Å²) in [7, 11) is 1.61. The van der Waals surface area contributed by atoms with E-state index in [1.165, 1.54) is 18.9 Å². The molecule has 2 atom stereocenters. The van der Waals surface area contributed by atoms with Crippen molar-refractivity contribution in [3.05, 3.63) is 66.0 Å². The molecule has 44 heavy (non-hydrogen) atoms. The van der Waals surface area contributed by atoms with Crippen LogP contribution in [0.4, 0.5) is 4.79 Å². The van der Waals surface area contributed by atoms with Crippen molar-refractivity contribution in [3.8, 4) is 0 Å². The van der Waals surface area contributed by atoms with Gasteiger partial charge in [-0.1, -0.05) is 36.4 Å². The maximum absolute atomic E-state index is 14.1. The quantitative estimate of drug-likeness (QED) is 0.423. The lowest BCUT2D eigenvalue weighted by Gasteiger charge is -2.40. The maximum Gasteiger partial charge on any atom is 0.408 e. The van der Waals surface area contributed by atoms with Crippen LogP contribution in [-0.2, 0) is 36.9 Å². The summed E-state index contributed by atoms with van der Waals surface area (Å²) in [6, 6.07) is 13.9. The second-order valence-corrected chi connectivity index (χ2v) is 12.7. The van der Waals surface area contributed by atoms with Crippen molar-refractivity contribution in [2.75, 3.05) is 26.7 Å². The summed E-state index contributed by atoms with van der Waals surface area (Å²) in [5, 5.41) is 11.2. The number of fused-ring (bicyclic) bond motifs is 1. The lowest BCUT2D eigenvalue weighted by atomic mass is 9.74. The summed E-state index contributed by atoms with van der Waals surface area (Å²) in [4.78, 5) is 59.6. The molecule has 2 unspecified atom stereocenters. The molecule has 0 saturated carbocycles. The van der Waals surface area contributed by atoms with Gasteiger partial charge in [0.1, 0.15) is 22.6 Å². The summed E-state index contributed by atoms with van der Waals surface area (Å²) in [6.45, 7) is 8.71. The molecule has 0 aliphatic carbocycles. The number of hydrogen-bond donors (Lipinski definition) is 2. The van der Waals surface area contributed by atoms with Gasteiger partial charge in [0.15, 0.2) is 0 Å². The predicted octanol–water partition coefficient (Wildman–Crippen LogP) is 2.68. The highest BCUT2D eigenvalue weighted by molar-refractivity contribution is 6.13. The van der Waals surface area contributed by atoms with E-state index in [4.69, 9.17) is 9.47 Å². The van der Waals surface area contributed by atoms with E-state index in [9.17, 15) is 19.2 Å². The van der Waals surface area contributed by atoms with Crippen LogP contribution in [0.1, 0.15) is 52.3 Å². The van der Waals surface area contributed by atoms with Crippen LogP contribution in [0.25, 0.3) is 0 Å². The first kappa shape index (κ1) is 32.6. The summed E-state index contributed by atoms with van der Waals surface area (Å²) in [5.74, 6) is -1.20. The number of benzene rings is 1. The van der Waals surface area contributed by atoms with Crippen LogP contribution in [0.15, 0.2) is 59.8 Å². The van der Waals surface area contributed by atoms with Gasteiger partial charge in [0.25, 0.3) is 5.91 Å². The normalized spacial score (nSPS) is 19.1. The minimum Gasteiger partial charge on any atom is -0.444 e. The Kier molecular flexibility index (Phi) is 9.72. The maximum atomic E-state index is 14.1. The number of amides is 4. The van der Waals surface area contributed by atoms with Crippen LogP contribution in [0.3, 0.4) is 0 Å². The van der Waals surface area contributed by atoms with Crippen LogP contribution >= 0.6 is 0 Å². The van der Waals surface area contributed by atoms with Gasteiger partial charge >= 0.3 is 6.09 Å². The van der Waals surface area contributed by atoms with E-state index in [0.717, 1.165) is 5.56 Å². The first-order chi connectivity index (χ1) is 20.7. The van der Waals surface area contributed by atoms with Crippen molar-refractivity contribution in [1.82, 2.24) is 25.5 Å². The first-order valence-electron chi connectivity index (χ1n) is 14.7. The Balaban J connectivity index is 1.54. The summed E-state index contributed by atoms with van der Waals surface area (Å²) in [5.41, 5.74) is -0.897. The van der Waals surface area contributed by atoms with E-state index in [2.05, 4.69) is 20.7 Å². The minimum atomic E-state index is -1.41. The average Bonchev–Trinajstić information content (AvgIpc) is 3.20. The lowest BCUT2D eigenvalue weighted by molar-refractivity contribution is -0.144. The molecular weight excluding hydrogens is 564 g/mol. The van der Waals surface area contributed by atoms with E-state index in [1.807, 2.05) is 42.5 Å².